The molecule has 1 aromatic carbocycles. The molecular formula is C21H23BrN4O. The lowest BCUT2D eigenvalue weighted by Gasteiger charge is -2.17. The van der Waals surface area contributed by atoms with Gasteiger partial charge in [0.25, 0.3) is 5.91 Å². The molecule has 1 aliphatic heterocycles. The number of carbonyl (C=O) groups excluding carboxylic acids is 1. The highest BCUT2D eigenvalue weighted by Crippen LogP contribution is 2.25. The smallest absolute Gasteiger partial charge is 0.274 e. The highest BCUT2D eigenvalue weighted by molar-refractivity contribution is 9.10. The molecule has 1 saturated heterocycles. The normalized spacial score (nSPS) is 14.1. The van der Waals surface area contributed by atoms with E-state index in [-0.39, 0.29) is 5.91 Å². The van der Waals surface area contributed by atoms with Crippen LogP contribution in [0.5, 0.6) is 0 Å². The first-order valence-corrected chi connectivity index (χ1v) is 10.2. The molecule has 0 spiro atoms. The van der Waals surface area contributed by atoms with Crippen LogP contribution in [-0.2, 0) is 6.42 Å². The van der Waals surface area contributed by atoms with Crippen molar-refractivity contribution in [1.29, 1.82) is 0 Å². The number of aryl methyl sites for hydroxylation is 2. The standard InChI is InChI=1S/C21H23BrN4O/c1-3-18-19(26-13-14(2)12-17(22)20(26)24-18)21(27)23-15-6-8-16(9-7-15)25-10-4-5-11-25/h6-9,12-13H,3-5,10-11H2,1-2H3,(H,23,27). The van der Waals surface area contributed by atoms with E-state index in [0.717, 1.165) is 40.2 Å². The van der Waals surface area contributed by atoms with Gasteiger partial charge in [0.2, 0.25) is 0 Å². The molecule has 2 aromatic heterocycles. The van der Waals surface area contributed by atoms with Crippen LogP contribution < -0.4 is 10.2 Å². The van der Waals surface area contributed by atoms with E-state index in [2.05, 4.69) is 43.3 Å². The van der Waals surface area contributed by atoms with E-state index in [9.17, 15) is 4.79 Å². The van der Waals surface area contributed by atoms with Crippen LogP contribution in [0, 0.1) is 6.92 Å². The fourth-order valence-corrected chi connectivity index (χ4v) is 4.33. The highest BCUT2D eigenvalue weighted by Gasteiger charge is 2.20. The van der Waals surface area contributed by atoms with E-state index in [0.29, 0.717) is 12.1 Å². The maximum absolute atomic E-state index is 13.0. The van der Waals surface area contributed by atoms with Crippen molar-refractivity contribution < 1.29 is 4.79 Å². The summed E-state index contributed by atoms with van der Waals surface area (Å²) in [6, 6.07) is 10.1. The molecule has 0 radical (unpaired) electrons. The molecule has 1 amide bonds. The van der Waals surface area contributed by atoms with Gasteiger partial charge in [-0.15, -0.1) is 0 Å². The monoisotopic (exact) mass is 426 g/mol. The fourth-order valence-electron chi connectivity index (χ4n) is 3.69. The second-order valence-electron chi connectivity index (χ2n) is 7.01. The van der Waals surface area contributed by atoms with Gasteiger partial charge >= 0.3 is 0 Å². The topological polar surface area (TPSA) is 49.6 Å². The lowest BCUT2D eigenvalue weighted by Crippen LogP contribution is -2.18. The number of amides is 1. The summed E-state index contributed by atoms with van der Waals surface area (Å²) in [4.78, 5) is 20.1. The summed E-state index contributed by atoms with van der Waals surface area (Å²) in [5, 5.41) is 3.03. The SMILES string of the molecule is CCc1nc2c(Br)cc(C)cn2c1C(=O)Nc1ccc(N2CCCC2)cc1. The second kappa shape index (κ2) is 7.35. The summed E-state index contributed by atoms with van der Waals surface area (Å²) in [6.07, 6.45) is 5.16. The van der Waals surface area contributed by atoms with E-state index in [1.54, 1.807) is 0 Å². The molecule has 27 heavy (non-hydrogen) atoms. The number of carbonyl (C=O) groups is 1. The third-order valence-corrected chi connectivity index (χ3v) is 5.61. The molecule has 4 rings (SSSR count). The molecule has 0 aliphatic carbocycles. The average molecular weight is 427 g/mol. The lowest BCUT2D eigenvalue weighted by molar-refractivity contribution is 0.102. The van der Waals surface area contributed by atoms with Gasteiger partial charge in [0.05, 0.1) is 10.2 Å². The van der Waals surface area contributed by atoms with Gasteiger partial charge < -0.3 is 10.2 Å². The lowest BCUT2D eigenvalue weighted by atomic mass is 10.2. The first-order valence-electron chi connectivity index (χ1n) is 9.40. The minimum Gasteiger partial charge on any atom is -0.372 e. The zero-order valence-electron chi connectivity index (χ0n) is 15.6. The third kappa shape index (κ3) is 3.46. The number of hydrogen-bond acceptors (Lipinski definition) is 3. The summed E-state index contributed by atoms with van der Waals surface area (Å²) in [7, 11) is 0. The molecule has 1 fully saturated rings. The number of hydrogen-bond donors (Lipinski definition) is 1. The Labute approximate surface area is 167 Å². The Morgan fingerprint density at radius 1 is 1.22 bits per heavy atom. The van der Waals surface area contributed by atoms with Crippen LogP contribution in [0.3, 0.4) is 0 Å². The van der Waals surface area contributed by atoms with Crippen molar-refractivity contribution in [3.8, 4) is 0 Å². The average Bonchev–Trinajstić information content (AvgIpc) is 3.30. The molecule has 0 atom stereocenters. The van der Waals surface area contributed by atoms with Crippen LogP contribution in [0.25, 0.3) is 5.65 Å². The predicted octanol–water partition coefficient (Wildman–Crippen LogP) is 4.82. The van der Waals surface area contributed by atoms with Crippen LogP contribution in [-0.4, -0.2) is 28.4 Å². The molecule has 140 valence electrons. The van der Waals surface area contributed by atoms with E-state index >= 15 is 0 Å². The Morgan fingerprint density at radius 3 is 2.59 bits per heavy atom. The molecule has 0 saturated carbocycles. The van der Waals surface area contributed by atoms with Gasteiger partial charge in [-0.25, -0.2) is 4.98 Å². The fraction of sp³-hybridized carbons (Fsp3) is 0.333. The van der Waals surface area contributed by atoms with Gasteiger partial charge in [0.1, 0.15) is 5.69 Å². The number of nitrogens with zero attached hydrogens (tertiary/aromatic N) is 3. The van der Waals surface area contributed by atoms with Gasteiger partial charge in [0.15, 0.2) is 5.65 Å². The Morgan fingerprint density at radius 2 is 1.93 bits per heavy atom. The van der Waals surface area contributed by atoms with E-state index in [4.69, 9.17) is 0 Å². The molecule has 1 aliphatic rings. The van der Waals surface area contributed by atoms with E-state index in [1.807, 2.05) is 42.6 Å². The molecule has 0 unspecified atom stereocenters. The number of halogens is 1. The van der Waals surface area contributed by atoms with Gasteiger partial charge in [-0.3, -0.25) is 9.20 Å². The van der Waals surface area contributed by atoms with Crippen molar-refractivity contribution in [2.75, 3.05) is 23.3 Å². The summed E-state index contributed by atoms with van der Waals surface area (Å²) < 4.78 is 2.78. The summed E-state index contributed by atoms with van der Waals surface area (Å²) in [5.41, 5.74) is 5.25. The van der Waals surface area contributed by atoms with Crippen molar-refractivity contribution >= 4 is 38.9 Å². The number of pyridine rings is 1. The molecular weight excluding hydrogens is 404 g/mol. The number of rotatable bonds is 4. The van der Waals surface area contributed by atoms with Crippen molar-refractivity contribution in [2.24, 2.45) is 0 Å². The van der Waals surface area contributed by atoms with Crippen LogP contribution >= 0.6 is 15.9 Å². The van der Waals surface area contributed by atoms with Crippen LogP contribution in [0.15, 0.2) is 41.0 Å². The Balaban J connectivity index is 1.63. The number of nitrogens with one attached hydrogen (secondary N) is 1. The highest BCUT2D eigenvalue weighted by atomic mass is 79.9. The van der Waals surface area contributed by atoms with Crippen molar-refractivity contribution in [1.82, 2.24) is 9.38 Å². The minimum absolute atomic E-state index is 0.134. The van der Waals surface area contributed by atoms with Crippen LogP contribution in [0.4, 0.5) is 11.4 Å². The number of fused-ring (bicyclic) bond motifs is 1. The molecule has 5 nitrogen and oxygen atoms in total. The van der Waals surface area contributed by atoms with E-state index < -0.39 is 0 Å². The van der Waals surface area contributed by atoms with Crippen molar-refractivity contribution in [3.63, 3.8) is 0 Å². The zero-order valence-corrected chi connectivity index (χ0v) is 17.2. The van der Waals surface area contributed by atoms with Crippen LogP contribution in [0.2, 0.25) is 0 Å². The number of benzene rings is 1. The summed E-state index contributed by atoms with van der Waals surface area (Å²) in [6.45, 7) is 6.25. The van der Waals surface area contributed by atoms with Crippen molar-refractivity contribution in [2.45, 2.75) is 33.1 Å². The van der Waals surface area contributed by atoms with Crippen LogP contribution in [0.1, 0.15) is 41.5 Å². The second-order valence-corrected chi connectivity index (χ2v) is 7.87. The first-order chi connectivity index (χ1) is 13.1. The Hall–Kier alpha value is -2.34. The molecule has 6 heteroatoms. The van der Waals surface area contributed by atoms with Gasteiger partial charge in [-0.2, -0.15) is 0 Å². The maximum atomic E-state index is 13.0. The van der Waals surface area contributed by atoms with Gasteiger partial charge in [0, 0.05) is 30.7 Å². The third-order valence-electron chi connectivity index (χ3n) is 5.03. The quantitative estimate of drug-likeness (QED) is 0.650. The Kier molecular flexibility index (Phi) is 4.91. The summed E-state index contributed by atoms with van der Waals surface area (Å²) >= 11 is 3.56. The largest absolute Gasteiger partial charge is 0.372 e. The first kappa shape index (κ1) is 18.0. The number of anilines is 2. The molecule has 0 bridgehead atoms. The van der Waals surface area contributed by atoms with Gasteiger partial charge in [-0.1, -0.05) is 6.92 Å². The molecule has 1 N–H and O–H groups in total. The van der Waals surface area contributed by atoms with Crippen molar-refractivity contribution in [3.05, 3.63) is 58.0 Å². The minimum atomic E-state index is -0.134. The predicted molar refractivity (Wildman–Crippen MR) is 113 cm³/mol. The number of aromatic nitrogens is 2. The Bertz CT molecular complexity index is 988. The molecule has 3 aromatic rings. The number of imidazole rings is 1. The van der Waals surface area contributed by atoms with E-state index in [1.165, 1.54) is 18.5 Å². The summed E-state index contributed by atoms with van der Waals surface area (Å²) in [5.74, 6) is -0.134. The zero-order chi connectivity index (χ0) is 19.0. The molecule has 3 heterocycles. The maximum Gasteiger partial charge on any atom is 0.274 e. The van der Waals surface area contributed by atoms with Gasteiger partial charge in [-0.05, 0) is 78.0 Å².